The number of amides is 2. The summed E-state index contributed by atoms with van der Waals surface area (Å²) >= 11 is 5.24. The van der Waals surface area contributed by atoms with Crippen LogP contribution in [0.3, 0.4) is 0 Å². The Balaban J connectivity index is 1.77. The first-order valence-electron chi connectivity index (χ1n) is 7.13. The lowest BCUT2D eigenvalue weighted by molar-refractivity contribution is 0.252. The largest absolute Gasteiger partial charge is 0.326 e. The zero-order chi connectivity index (χ0) is 16.2. The molecule has 1 heterocycles. The lowest BCUT2D eigenvalue weighted by atomic mass is 10.1. The van der Waals surface area contributed by atoms with Crippen LogP contribution in [0.1, 0.15) is 5.56 Å². The van der Waals surface area contributed by atoms with Crippen LogP contribution in [-0.4, -0.2) is 23.1 Å². The number of hydrogen-bond donors (Lipinski definition) is 1. The lowest BCUT2D eigenvalue weighted by Gasteiger charge is -2.19. The summed E-state index contributed by atoms with van der Waals surface area (Å²) in [5.41, 5.74) is 1.51. The van der Waals surface area contributed by atoms with Gasteiger partial charge in [-0.1, -0.05) is 42.5 Å². The molecule has 2 amide bonds. The SMILES string of the molecule is CN(C(=O)NC(=S)c1cccnc1)c1ccc2ccccc2c1. The molecule has 1 N–H and O–H groups in total. The summed E-state index contributed by atoms with van der Waals surface area (Å²) in [5, 5.41) is 4.94. The summed E-state index contributed by atoms with van der Waals surface area (Å²) in [6.07, 6.45) is 3.29. The summed E-state index contributed by atoms with van der Waals surface area (Å²) in [5.74, 6) is 0. The molecule has 1 aromatic heterocycles. The molecule has 0 spiro atoms. The number of carbonyl (C=O) groups excluding carboxylic acids is 1. The Hall–Kier alpha value is -2.79. The lowest BCUT2D eigenvalue weighted by Crippen LogP contribution is -2.40. The van der Waals surface area contributed by atoms with Gasteiger partial charge in [-0.2, -0.15) is 0 Å². The van der Waals surface area contributed by atoms with Crippen LogP contribution in [0.4, 0.5) is 10.5 Å². The van der Waals surface area contributed by atoms with E-state index in [4.69, 9.17) is 12.2 Å². The molecular weight excluding hydrogens is 306 g/mol. The van der Waals surface area contributed by atoms with Crippen LogP contribution in [-0.2, 0) is 0 Å². The first-order valence-corrected chi connectivity index (χ1v) is 7.54. The molecule has 0 aliphatic heterocycles. The van der Waals surface area contributed by atoms with E-state index in [1.807, 2.05) is 48.5 Å². The normalized spacial score (nSPS) is 10.3. The van der Waals surface area contributed by atoms with E-state index in [2.05, 4.69) is 10.3 Å². The van der Waals surface area contributed by atoms with E-state index in [0.717, 1.165) is 16.5 Å². The van der Waals surface area contributed by atoms with E-state index in [-0.39, 0.29) is 6.03 Å². The number of pyridine rings is 1. The minimum atomic E-state index is -0.283. The van der Waals surface area contributed by atoms with Crippen molar-refractivity contribution in [2.45, 2.75) is 0 Å². The molecule has 0 bridgehead atoms. The number of anilines is 1. The molecule has 0 saturated carbocycles. The minimum Gasteiger partial charge on any atom is -0.298 e. The van der Waals surface area contributed by atoms with E-state index < -0.39 is 0 Å². The number of nitrogens with zero attached hydrogens (tertiary/aromatic N) is 2. The number of urea groups is 1. The Bertz CT molecular complexity index is 864. The van der Waals surface area contributed by atoms with E-state index in [1.54, 1.807) is 25.5 Å². The molecule has 3 rings (SSSR count). The van der Waals surface area contributed by atoms with E-state index in [1.165, 1.54) is 4.90 Å². The van der Waals surface area contributed by atoms with Crippen molar-refractivity contribution >= 4 is 39.7 Å². The number of hydrogen-bond acceptors (Lipinski definition) is 3. The summed E-state index contributed by atoms with van der Waals surface area (Å²) in [6.45, 7) is 0. The zero-order valence-electron chi connectivity index (χ0n) is 12.6. The third-order valence-corrected chi connectivity index (χ3v) is 3.91. The molecule has 3 aromatic rings. The summed E-state index contributed by atoms with van der Waals surface area (Å²) < 4.78 is 0. The highest BCUT2D eigenvalue weighted by atomic mass is 32.1. The van der Waals surface area contributed by atoms with Crippen LogP contribution in [0.15, 0.2) is 67.0 Å². The fourth-order valence-electron chi connectivity index (χ4n) is 2.25. The highest BCUT2D eigenvalue weighted by Gasteiger charge is 2.13. The third-order valence-electron chi connectivity index (χ3n) is 3.57. The van der Waals surface area contributed by atoms with Crippen LogP contribution in [0.2, 0.25) is 0 Å². The quantitative estimate of drug-likeness (QED) is 0.731. The number of aromatic nitrogens is 1. The molecule has 2 aromatic carbocycles. The molecule has 0 saturated heterocycles. The van der Waals surface area contributed by atoms with Gasteiger partial charge in [-0.25, -0.2) is 4.79 Å². The molecular formula is C18H15N3OS. The molecule has 0 aliphatic carbocycles. The van der Waals surface area contributed by atoms with E-state index >= 15 is 0 Å². The van der Waals surface area contributed by atoms with Crippen molar-refractivity contribution < 1.29 is 4.79 Å². The van der Waals surface area contributed by atoms with E-state index in [0.29, 0.717) is 10.6 Å². The maximum Gasteiger partial charge on any atom is 0.326 e. The van der Waals surface area contributed by atoms with Crippen molar-refractivity contribution in [3.05, 3.63) is 72.6 Å². The second-order valence-electron chi connectivity index (χ2n) is 5.09. The number of nitrogens with one attached hydrogen (secondary N) is 1. The van der Waals surface area contributed by atoms with Gasteiger partial charge in [0.05, 0.1) is 0 Å². The van der Waals surface area contributed by atoms with Crippen LogP contribution in [0.25, 0.3) is 10.8 Å². The van der Waals surface area contributed by atoms with Crippen LogP contribution < -0.4 is 10.2 Å². The van der Waals surface area contributed by atoms with Gasteiger partial charge in [-0.3, -0.25) is 15.2 Å². The minimum absolute atomic E-state index is 0.283. The summed E-state index contributed by atoms with van der Waals surface area (Å²) in [7, 11) is 1.71. The maximum atomic E-state index is 12.4. The second kappa shape index (κ2) is 6.54. The Kier molecular flexibility index (Phi) is 4.30. The third kappa shape index (κ3) is 3.35. The molecule has 4 nitrogen and oxygen atoms in total. The average Bonchev–Trinajstić information content (AvgIpc) is 2.61. The molecule has 0 aliphatic rings. The molecule has 5 heteroatoms. The first kappa shape index (κ1) is 15.1. The Labute approximate surface area is 139 Å². The van der Waals surface area contributed by atoms with Gasteiger partial charge in [0.25, 0.3) is 0 Å². The van der Waals surface area contributed by atoms with Crippen molar-refractivity contribution in [2.75, 3.05) is 11.9 Å². The summed E-state index contributed by atoms with van der Waals surface area (Å²) in [6, 6.07) is 17.2. The summed E-state index contributed by atoms with van der Waals surface area (Å²) in [4.78, 5) is 18.3. The van der Waals surface area contributed by atoms with Gasteiger partial charge >= 0.3 is 6.03 Å². The van der Waals surface area contributed by atoms with Crippen molar-refractivity contribution in [3.63, 3.8) is 0 Å². The standard InChI is InChI=1S/C18H15N3OS/c1-21(16-9-8-13-5-2-3-6-14(13)11-16)18(22)20-17(23)15-7-4-10-19-12-15/h2-12H,1H3,(H,20,22,23). The van der Waals surface area contributed by atoms with Crippen LogP contribution >= 0.6 is 12.2 Å². The van der Waals surface area contributed by atoms with Crippen molar-refractivity contribution in [1.29, 1.82) is 0 Å². The van der Waals surface area contributed by atoms with Gasteiger partial charge in [-0.15, -0.1) is 0 Å². The molecule has 0 radical (unpaired) electrons. The van der Waals surface area contributed by atoms with E-state index in [9.17, 15) is 4.79 Å². The van der Waals surface area contributed by atoms with Crippen molar-refractivity contribution in [3.8, 4) is 0 Å². The molecule has 0 unspecified atom stereocenters. The van der Waals surface area contributed by atoms with Crippen LogP contribution in [0, 0.1) is 0 Å². The number of benzene rings is 2. The van der Waals surface area contributed by atoms with Gasteiger partial charge in [0.15, 0.2) is 0 Å². The van der Waals surface area contributed by atoms with Gasteiger partial charge < -0.3 is 0 Å². The zero-order valence-corrected chi connectivity index (χ0v) is 13.4. The highest BCUT2D eigenvalue weighted by molar-refractivity contribution is 7.80. The number of thiocarbonyl (C=S) groups is 1. The monoisotopic (exact) mass is 321 g/mol. The molecule has 114 valence electrons. The smallest absolute Gasteiger partial charge is 0.298 e. The molecule has 0 atom stereocenters. The van der Waals surface area contributed by atoms with Crippen LogP contribution in [0.5, 0.6) is 0 Å². The fraction of sp³-hybridized carbons (Fsp3) is 0.0556. The average molecular weight is 321 g/mol. The molecule has 23 heavy (non-hydrogen) atoms. The van der Waals surface area contributed by atoms with Gasteiger partial charge in [0.1, 0.15) is 4.99 Å². The molecule has 0 fully saturated rings. The Morgan fingerprint density at radius 2 is 1.87 bits per heavy atom. The number of fused-ring (bicyclic) bond motifs is 1. The number of carbonyl (C=O) groups is 1. The Morgan fingerprint density at radius 3 is 2.61 bits per heavy atom. The topological polar surface area (TPSA) is 45.2 Å². The van der Waals surface area contributed by atoms with Gasteiger partial charge in [-0.05, 0) is 35.0 Å². The van der Waals surface area contributed by atoms with Gasteiger partial charge in [0, 0.05) is 30.7 Å². The maximum absolute atomic E-state index is 12.4. The Morgan fingerprint density at radius 1 is 1.09 bits per heavy atom. The highest BCUT2D eigenvalue weighted by Crippen LogP contribution is 2.21. The second-order valence-corrected chi connectivity index (χ2v) is 5.50. The van der Waals surface area contributed by atoms with Gasteiger partial charge in [0.2, 0.25) is 0 Å². The predicted molar refractivity (Wildman–Crippen MR) is 96.8 cm³/mol. The van der Waals surface area contributed by atoms with Crippen molar-refractivity contribution in [2.24, 2.45) is 0 Å². The fourth-order valence-corrected chi connectivity index (χ4v) is 2.46. The van der Waals surface area contributed by atoms with Crippen molar-refractivity contribution in [1.82, 2.24) is 10.3 Å². The predicted octanol–water partition coefficient (Wildman–Crippen LogP) is 3.76. The number of rotatable bonds is 2. The first-order chi connectivity index (χ1) is 11.1.